The largest absolute Gasteiger partial charge is 0.313 e. The van der Waals surface area contributed by atoms with Gasteiger partial charge < -0.3 is 15.1 Å². The van der Waals surface area contributed by atoms with Crippen molar-refractivity contribution >= 4 is 34.4 Å². The lowest BCUT2D eigenvalue weighted by Crippen LogP contribution is -2.32. The summed E-state index contributed by atoms with van der Waals surface area (Å²) < 4.78 is 0. The molecule has 0 aliphatic heterocycles. The summed E-state index contributed by atoms with van der Waals surface area (Å²) in [4.78, 5) is 30.2. The van der Waals surface area contributed by atoms with Gasteiger partial charge in [-0.05, 0) is 61.8 Å². The molecule has 2 aromatic carbocycles. The van der Waals surface area contributed by atoms with Crippen molar-refractivity contribution in [3.05, 3.63) is 87.8 Å². The molecule has 3 rings (SSSR count). The highest BCUT2D eigenvalue weighted by molar-refractivity contribution is 7.14. The van der Waals surface area contributed by atoms with E-state index in [0.717, 1.165) is 49.4 Å². The number of amides is 2. The topological polar surface area (TPSA) is 77.0 Å². The second kappa shape index (κ2) is 13.7. The minimum Gasteiger partial charge on any atom is -0.313 e. The minimum absolute atomic E-state index is 0.248. The fraction of sp³-hybridized carbons (Fsp3) is 0.321. The second-order valence-electron chi connectivity index (χ2n) is 8.69. The van der Waals surface area contributed by atoms with Gasteiger partial charge in [-0.2, -0.15) is 5.10 Å². The molecule has 0 spiro atoms. The zero-order chi connectivity index (χ0) is 25.9. The van der Waals surface area contributed by atoms with E-state index in [4.69, 9.17) is 0 Å². The van der Waals surface area contributed by atoms with Gasteiger partial charge in [0.1, 0.15) is 5.00 Å². The molecule has 2 amide bonds. The molecule has 2 N–H and O–H groups in total. The lowest BCUT2D eigenvalue weighted by atomic mass is 10.1. The van der Waals surface area contributed by atoms with Crippen LogP contribution in [0, 0.1) is 6.92 Å². The third-order valence-electron chi connectivity index (χ3n) is 5.93. The van der Waals surface area contributed by atoms with Crippen LogP contribution in [0.4, 0.5) is 5.00 Å². The van der Waals surface area contributed by atoms with Crippen LogP contribution in [0.15, 0.2) is 65.1 Å². The number of anilines is 1. The van der Waals surface area contributed by atoms with E-state index in [-0.39, 0.29) is 11.8 Å². The number of thiophene rings is 1. The molecular formula is C28H35N5O2S. The number of carbonyl (C=O) groups excluding carboxylic acids is 2. The molecule has 1 heterocycles. The molecular weight excluding hydrogens is 470 g/mol. The average molecular weight is 506 g/mol. The first-order valence-corrected chi connectivity index (χ1v) is 13.1. The van der Waals surface area contributed by atoms with Crippen LogP contribution in [0.1, 0.15) is 51.3 Å². The van der Waals surface area contributed by atoms with Gasteiger partial charge in [-0.15, -0.1) is 11.3 Å². The van der Waals surface area contributed by atoms with Crippen LogP contribution in [0.5, 0.6) is 0 Å². The summed E-state index contributed by atoms with van der Waals surface area (Å²) in [6.07, 6.45) is 1.59. The summed E-state index contributed by atoms with van der Waals surface area (Å²) in [6.45, 7) is 11.2. The van der Waals surface area contributed by atoms with Crippen molar-refractivity contribution in [1.29, 1.82) is 0 Å². The van der Waals surface area contributed by atoms with Gasteiger partial charge in [0.15, 0.2) is 0 Å². The zero-order valence-electron chi connectivity index (χ0n) is 21.5. The van der Waals surface area contributed by atoms with Crippen molar-refractivity contribution in [2.75, 3.05) is 38.5 Å². The van der Waals surface area contributed by atoms with Gasteiger partial charge >= 0.3 is 0 Å². The number of rotatable bonds is 12. The molecule has 0 fully saturated rings. The van der Waals surface area contributed by atoms with Gasteiger partial charge in [-0.1, -0.05) is 55.8 Å². The van der Waals surface area contributed by atoms with Gasteiger partial charge in [-0.3, -0.25) is 9.59 Å². The standard InChI is InChI=1S/C28H35N5O2S/c1-5-33(6-2)16-15-32(4)20-23-8-7-9-24(18-23)26(34)30-28-25(14-17-36-28)27(35)31-29-19-22-12-10-21(3)11-13-22/h7-14,17-19H,5-6,15-16,20H2,1-4H3,(H,30,34)(H,31,35). The van der Waals surface area contributed by atoms with E-state index in [1.165, 1.54) is 11.3 Å². The number of nitrogens with zero attached hydrogens (tertiary/aromatic N) is 3. The maximum Gasteiger partial charge on any atom is 0.274 e. The van der Waals surface area contributed by atoms with E-state index in [9.17, 15) is 9.59 Å². The molecule has 0 saturated carbocycles. The van der Waals surface area contributed by atoms with Crippen molar-refractivity contribution in [3.63, 3.8) is 0 Å². The van der Waals surface area contributed by atoms with Crippen molar-refractivity contribution < 1.29 is 9.59 Å². The molecule has 0 radical (unpaired) electrons. The Balaban J connectivity index is 1.58. The van der Waals surface area contributed by atoms with Crippen LogP contribution >= 0.6 is 11.3 Å². The van der Waals surface area contributed by atoms with E-state index < -0.39 is 0 Å². The molecule has 0 unspecified atom stereocenters. The SMILES string of the molecule is CCN(CC)CCN(C)Cc1cccc(C(=O)Nc2sccc2C(=O)NN=Cc2ccc(C)cc2)c1. The molecule has 1 aromatic heterocycles. The second-order valence-corrected chi connectivity index (χ2v) is 9.61. The van der Waals surface area contributed by atoms with Gasteiger partial charge in [0, 0.05) is 25.2 Å². The number of hydrazone groups is 1. The van der Waals surface area contributed by atoms with Gasteiger partial charge in [0.2, 0.25) is 0 Å². The number of carbonyl (C=O) groups is 2. The Morgan fingerprint density at radius 3 is 2.47 bits per heavy atom. The fourth-order valence-electron chi connectivity index (χ4n) is 3.69. The summed E-state index contributed by atoms with van der Waals surface area (Å²) in [5, 5.41) is 9.19. The van der Waals surface area contributed by atoms with Crippen LogP contribution in [0.3, 0.4) is 0 Å². The summed E-state index contributed by atoms with van der Waals surface area (Å²) >= 11 is 1.30. The van der Waals surface area contributed by atoms with Crippen molar-refractivity contribution in [1.82, 2.24) is 15.2 Å². The monoisotopic (exact) mass is 505 g/mol. The number of aryl methyl sites for hydroxylation is 1. The molecule has 0 saturated heterocycles. The summed E-state index contributed by atoms with van der Waals surface area (Å²) in [7, 11) is 2.09. The first-order chi connectivity index (χ1) is 17.4. The average Bonchev–Trinajstić information content (AvgIpc) is 3.34. The Hall–Kier alpha value is -3.33. The quantitative estimate of drug-likeness (QED) is 0.273. The fourth-order valence-corrected chi connectivity index (χ4v) is 4.47. The third kappa shape index (κ3) is 8.12. The van der Waals surface area contributed by atoms with Crippen molar-refractivity contribution in [2.45, 2.75) is 27.3 Å². The summed E-state index contributed by atoms with van der Waals surface area (Å²) in [6, 6.07) is 17.1. The van der Waals surface area contributed by atoms with Crippen LogP contribution in [0.2, 0.25) is 0 Å². The number of hydrogen-bond acceptors (Lipinski definition) is 6. The molecule has 0 atom stereocenters. The van der Waals surface area contributed by atoms with E-state index in [0.29, 0.717) is 16.1 Å². The maximum absolute atomic E-state index is 13.0. The predicted octanol–water partition coefficient (Wildman–Crippen LogP) is 4.85. The van der Waals surface area contributed by atoms with Crippen LogP contribution < -0.4 is 10.7 Å². The Bertz CT molecular complexity index is 1170. The number of nitrogens with one attached hydrogen (secondary N) is 2. The first-order valence-electron chi connectivity index (χ1n) is 12.2. The molecule has 0 aliphatic carbocycles. The third-order valence-corrected chi connectivity index (χ3v) is 6.76. The molecule has 0 bridgehead atoms. The molecule has 8 heteroatoms. The van der Waals surface area contributed by atoms with E-state index in [1.54, 1.807) is 23.7 Å². The predicted molar refractivity (Wildman–Crippen MR) is 149 cm³/mol. The molecule has 0 aliphatic rings. The lowest BCUT2D eigenvalue weighted by Gasteiger charge is -2.23. The summed E-state index contributed by atoms with van der Waals surface area (Å²) in [5.74, 6) is -0.624. The van der Waals surface area contributed by atoms with Gasteiger partial charge in [0.25, 0.3) is 11.8 Å². The number of hydrogen-bond donors (Lipinski definition) is 2. The van der Waals surface area contributed by atoms with Gasteiger partial charge in [0.05, 0.1) is 11.8 Å². The number of likely N-dealkylation sites (N-methyl/N-ethyl adjacent to an activating group) is 2. The molecule has 3 aromatic rings. The molecule has 36 heavy (non-hydrogen) atoms. The molecule has 7 nitrogen and oxygen atoms in total. The zero-order valence-corrected chi connectivity index (χ0v) is 22.3. The Morgan fingerprint density at radius 1 is 1.00 bits per heavy atom. The highest BCUT2D eigenvalue weighted by Gasteiger charge is 2.16. The lowest BCUT2D eigenvalue weighted by molar-refractivity contribution is 0.0956. The van der Waals surface area contributed by atoms with Crippen LogP contribution in [-0.2, 0) is 6.54 Å². The van der Waals surface area contributed by atoms with Crippen LogP contribution in [0.25, 0.3) is 0 Å². The van der Waals surface area contributed by atoms with Gasteiger partial charge in [-0.25, -0.2) is 5.43 Å². The van der Waals surface area contributed by atoms with E-state index >= 15 is 0 Å². The minimum atomic E-state index is -0.376. The smallest absolute Gasteiger partial charge is 0.274 e. The highest BCUT2D eigenvalue weighted by atomic mass is 32.1. The number of benzene rings is 2. The Kier molecular flexibility index (Phi) is 10.4. The normalized spacial score (nSPS) is 11.4. The van der Waals surface area contributed by atoms with Crippen LogP contribution in [-0.4, -0.2) is 61.1 Å². The van der Waals surface area contributed by atoms with Crippen molar-refractivity contribution in [2.24, 2.45) is 5.10 Å². The highest BCUT2D eigenvalue weighted by Crippen LogP contribution is 2.24. The van der Waals surface area contributed by atoms with Crippen molar-refractivity contribution in [3.8, 4) is 0 Å². The van der Waals surface area contributed by atoms with E-state index in [2.05, 4.69) is 46.5 Å². The molecule has 190 valence electrons. The Labute approximate surface area is 217 Å². The summed E-state index contributed by atoms with van der Waals surface area (Å²) in [5.41, 5.74) is 6.58. The first kappa shape index (κ1) is 27.3. The Morgan fingerprint density at radius 2 is 1.75 bits per heavy atom. The van der Waals surface area contributed by atoms with E-state index in [1.807, 2.05) is 49.4 Å². The maximum atomic E-state index is 13.0.